The number of β-lactam (4-membered cyclic amide) rings is 1. The highest BCUT2D eigenvalue weighted by atomic mass is 35.5. The number of oxime groups is 1. The molecule has 1 aliphatic heterocycles. The molecule has 192 valence electrons. The van der Waals surface area contributed by atoms with Crippen LogP contribution in [0.1, 0.15) is 12.6 Å². The van der Waals surface area contributed by atoms with Crippen LogP contribution in [0.25, 0.3) is 0 Å². The van der Waals surface area contributed by atoms with Gasteiger partial charge in [0.05, 0.1) is 6.61 Å². The topological polar surface area (TPSA) is 220 Å². The maximum absolute atomic E-state index is 12.8. The van der Waals surface area contributed by atoms with E-state index in [9.17, 15) is 36.9 Å². The number of hydrogen-bond acceptors (Lipinski definition) is 13. The van der Waals surface area contributed by atoms with Crippen molar-refractivity contribution < 1.29 is 51.3 Å². The lowest BCUT2D eigenvalue weighted by molar-refractivity contribution is -0.169. The summed E-state index contributed by atoms with van der Waals surface area (Å²) in [5, 5.41) is 9.29. The average Bonchev–Trinajstić information content (AvgIpc) is 3.24. The Kier molecular flexibility index (Phi) is 9.46. The number of hydrogen-bond donors (Lipinski definition) is 3. The molecule has 2 unspecified atom stereocenters. The number of nitrogens with one attached hydrogen (secondary N) is 2. The van der Waals surface area contributed by atoms with Crippen molar-refractivity contribution in [2.45, 2.75) is 19.0 Å². The quantitative estimate of drug-likeness (QED) is 0.0692. The Morgan fingerprint density at radius 2 is 2.00 bits per heavy atom. The van der Waals surface area contributed by atoms with Crippen molar-refractivity contribution in [1.29, 1.82) is 0 Å². The molecule has 0 bridgehead atoms. The monoisotopic (exact) mass is 555 g/mol. The van der Waals surface area contributed by atoms with Gasteiger partial charge in [-0.3, -0.25) is 18.9 Å². The molecule has 1 saturated heterocycles. The van der Waals surface area contributed by atoms with Gasteiger partial charge in [0.25, 0.3) is 11.8 Å². The number of anilines is 1. The second-order valence-electron chi connectivity index (χ2n) is 6.26. The van der Waals surface area contributed by atoms with E-state index in [2.05, 4.69) is 35.1 Å². The standard InChI is InChI=1S/C16H18ClN5O11S2/c1-3-32-9(24)5-33-15(27)12-11(14(26)22(12)35(28,29)30)20-13(25)10(21-31-2)7-6-34-16(18-7)19-8(23)4-17/h6,11-12H,3-5H2,1-2H3,(H,20,25)(H,18,19,23)(H,28,29,30). The second kappa shape index (κ2) is 11.9. The molecule has 1 aromatic rings. The molecule has 35 heavy (non-hydrogen) atoms. The van der Waals surface area contributed by atoms with E-state index >= 15 is 0 Å². The van der Waals surface area contributed by atoms with Gasteiger partial charge >= 0.3 is 22.2 Å². The number of halogens is 1. The molecule has 2 rings (SSSR count). The number of carbonyl (C=O) groups is 5. The average molecular weight is 556 g/mol. The van der Waals surface area contributed by atoms with Gasteiger partial charge in [-0.1, -0.05) is 5.16 Å². The lowest BCUT2D eigenvalue weighted by Crippen LogP contribution is -2.75. The first kappa shape index (κ1) is 27.9. The smallest absolute Gasteiger partial charge is 0.363 e. The summed E-state index contributed by atoms with van der Waals surface area (Å²) in [7, 11) is -4.12. The summed E-state index contributed by atoms with van der Waals surface area (Å²) in [5.74, 6) is -5.81. The van der Waals surface area contributed by atoms with Gasteiger partial charge in [-0.25, -0.2) is 14.6 Å². The Morgan fingerprint density at radius 3 is 2.57 bits per heavy atom. The zero-order chi connectivity index (χ0) is 26.3. The summed E-state index contributed by atoms with van der Waals surface area (Å²) < 4.78 is 41.3. The summed E-state index contributed by atoms with van der Waals surface area (Å²) in [6, 6.07) is -3.86. The third kappa shape index (κ3) is 6.84. The highest BCUT2D eigenvalue weighted by Gasteiger charge is 2.59. The zero-order valence-corrected chi connectivity index (χ0v) is 20.3. The molecule has 3 amide bonds. The van der Waals surface area contributed by atoms with Crippen molar-refractivity contribution >= 4 is 73.7 Å². The molecule has 19 heteroatoms. The Labute approximate surface area is 206 Å². The van der Waals surface area contributed by atoms with Crippen molar-refractivity contribution in [1.82, 2.24) is 14.6 Å². The van der Waals surface area contributed by atoms with E-state index in [1.54, 1.807) is 0 Å². The Hall–Kier alpha value is -3.35. The van der Waals surface area contributed by atoms with E-state index in [0.29, 0.717) is 0 Å². The van der Waals surface area contributed by atoms with E-state index in [0.717, 1.165) is 18.4 Å². The van der Waals surface area contributed by atoms with E-state index in [4.69, 9.17) is 11.6 Å². The van der Waals surface area contributed by atoms with E-state index in [1.165, 1.54) is 12.3 Å². The Bertz CT molecular complexity index is 1150. The molecular formula is C16H18ClN5O11S2. The highest BCUT2D eigenvalue weighted by Crippen LogP contribution is 2.25. The number of aromatic nitrogens is 1. The van der Waals surface area contributed by atoms with Gasteiger partial charge in [-0.05, 0) is 6.92 Å². The van der Waals surface area contributed by atoms with Crippen LogP contribution >= 0.6 is 22.9 Å². The third-order valence-corrected chi connectivity index (χ3v) is 5.88. The fourth-order valence-corrected chi connectivity index (χ4v) is 4.22. The van der Waals surface area contributed by atoms with Crippen LogP contribution in [-0.2, 0) is 48.6 Å². The second-order valence-corrected chi connectivity index (χ2v) is 8.68. The van der Waals surface area contributed by atoms with Crippen LogP contribution in [0.2, 0.25) is 0 Å². The van der Waals surface area contributed by atoms with Gasteiger partial charge in [0.1, 0.15) is 24.7 Å². The molecule has 1 fully saturated rings. The SMILES string of the molecule is CCOC(=O)COC(=O)C1C(NC(=O)C(=NOC)c2csc(NC(=O)CCl)n2)C(=O)N1S(=O)(=O)O. The molecule has 2 heterocycles. The van der Waals surface area contributed by atoms with Crippen molar-refractivity contribution in [3.63, 3.8) is 0 Å². The summed E-state index contributed by atoms with van der Waals surface area (Å²) in [4.78, 5) is 68.8. The minimum atomic E-state index is -5.22. The summed E-state index contributed by atoms with van der Waals surface area (Å²) >= 11 is 6.30. The lowest BCUT2D eigenvalue weighted by atomic mass is 9.98. The fourth-order valence-electron chi connectivity index (χ4n) is 2.61. The molecule has 0 saturated carbocycles. The van der Waals surface area contributed by atoms with Crippen LogP contribution in [0.4, 0.5) is 5.13 Å². The normalized spacial score (nSPS) is 17.8. The maximum Gasteiger partial charge on any atom is 0.363 e. The predicted molar refractivity (Wildman–Crippen MR) is 117 cm³/mol. The number of ether oxygens (including phenoxy) is 2. The number of amides is 3. The van der Waals surface area contributed by atoms with Crippen molar-refractivity contribution in [3.8, 4) is 0 Å². The Morgan fingerprint density at radius 1 is 1.31 bits per heavy atom. The first-order valence-electron chi connectivity index (χ1n) is 9.31. The number of thiazole rings is 1. The number of alkyl halides is 1. The van der Waals surface area contributed by atoms with E-state index in [1.807, 2.05) is 0 Å². The number of carbonyl (C=O) groups excluding carboxylic acids is 5. The summed E-state index contributed by atoms with van der Waals surface area (Å²) in [5.41, 5.74) is -0.620. The highest BCUT2D eigenvalue weighted by molar-refractivity contribution is 7.84. The van der Waals surface area contributed by atoms with Crippen molar-refractivity contribution in [3.05, 3.63) is 11.1 Å². The van der Waals surface area contributed by atoms with Crippen LogP contribution in [0.3, 0.4) is 0 Å². The molecule has 0 spiro atoms. The minimum absolute atomic E-state index is 0.0242. The molecule has 0 radical (unpaired) electrons. The van der Waals surface area contributed by atoms with E-state index in [-0.39, 0.29) is 27.6 Å². The van der Waals surface area contributed by atoms with E-state index < -0.39 is 64.4 Å². The van der Waals surface area contributed by atoms with Crippen molar-refractivity contribution in [2.24, 2.45) is 5.16 Å². The predicted octanol–water partition coefficient (Wildman–Crippen LogP) is -1.72. The van der Waals surface area contributed by atoms with Crippen LogP contribution in [0.5, 0.6) is 0 Å². The van der Waals surface area contributed by atoms with Crippen LogP contribution in [0, 0.1) is 0 Å². The molecule has 0 aromatic carbocycles. The van der Waals surface area contributed by atoms with Gasteiger partial charge < -0.3 is 24.9 Å². The number of esters is 2. The molecule has 1 aromatic heterocycles. The van der Waals surface area contributed by atoms with Crippen LogP contribution < -0.4 is 10.6 Å². The summed E-state index contributed by atoms with van der Waals surface area (Å²) in [6.07, 6.45) is 0. The molecule has 3 N–H and O–H groups in total. The molecule has 0 aliphatic carbocycles. The maximum atomic E-state index is 12.8. The molecule has 2 atom stereocenters. The minimum Gasteiger partial charge on any atom is -0.463 e. The fraction of sp³-hybridized carbons (Fsp3) is 0.438. The van der Waals surface area contributed by atoms with Gasteiger partial charge in [-0.2, -0.15) is 12.7 Å². The van der Waals surface area contributed by atoms with Crippen molar-refractivity contribution in [2.75, 3.05) is 31.5 Å². The summed E-state index contributed by atoms with van der Waals surface area (Å²) in [6.45, 7) is 0.555. The van der Waals surface area contributed by atoms with Crippen LogP contribution in [0.15, 0.2) is 10.5 Å². The van der Waals surface area contributed by atoms with Gasteiger partial charge in [0, 0.05) is 5.38 Å². The largest absolute Gasteiger partial charge is 0.463 e. The number of rotatable bonds is 11. The van der Waals surface area contributed by atoms with Crippen LogP contribution in [-0.4, -0.2) is 95.9 Å². The first-order chi connectivity index (χ1) is 16.4. The zero-order valence-electron chi connectivity index (χ0n) is 17.9. The molecule has 1 aliphatic rings. The number of nitrogens with zero attached hydrogens (tertiary/aromatic N) is 3. The first-order valence-corrected chi connectivity index (χ1v) is 12.1. The van der Waals surface area contributed by atoms with Gasteiger partial charge in [-0.15, -0.1) is 22.9 Å². The third-order valence-electron chi connectivity index (χ3n) is 3.98. The van der Waals surface area contributed by atoms with Gasteiger partial charge in [0.15, 0.2) is 23.5 Å². The Balaban J connectivity index is 2.23. The molecule has 16 nitrogen and oxygen atoms in total. The molecular weight excluding hydrogens is 538 g/mol. The lowest BCUT2D eigenvalue weighted by Gasteiger charge is -2.42. The van der Waals surface area contributed by atoms with Gasteiger partial charge in [0.2, 0.25) is 5.91 Å².